The molecule has 2 aliphatic heterocycles. The summed E-state index contributed by atoms with van der Waals surface area (Å²) < 4.78 is 14.2. The number of amides is 2. The Balaban J connectivity index is 1.32. The van der Waals surface area contributed by atoms with Crippen LogP contribution < -0.4 is 10.6 Å². The number of anilines is 1. The second-order valence-corrected chi connectivity index (χ2v) is 10.4. The zero-order valence-corrected chi connectivity index (χ0v) is 19.5. The minimum atomic E-state index is -0.828. The zero-order valence-electron chi connectivity index (χ0n) is 18.7. The molecule has 3 aromatic carbocycles. The van der Waals surface area contributed by atoms with Crippen molar-refractivity contribution < 1.29 is 14.0 Å². The minimum absolute atomic E-state index is 0.0406. The topological polar surface area (TPSA) is 71.1 Å². The van der Waals surface area contributed by atoms with Gasteiger partial charge in [0.05, 0.1) is 22.6 Å². The summed E-state index contributed by atoms with van der Waals surface area (Å²) in [6.45, 7) is 3.81. The largest absolute Gasteiger partial charge is 0.347 e. The molecule has 1 aromatic heterocycles. The molecule has 0 saturated carbocycles. The van der Waals surface area contributed by atoms with E-state index in [2.05, 4.69) is 15.6 Å². The lowest BCUT2D eigenvalue weighted by Crippen LogP contribution is -2.63. The minimum Gasteiger partial charge on any atom is -0.347 e. The summed E-state index contributed by atoms with van der Waals surface area (Å²) in [5.74, 6) is -0.497. The van der Waals surface area contributed by atoms with E-state index in [1.54, 1.807) is 18.2 Å². The Morgan fingerprint density at radius 2 is 1.82 bits per heavy atom. The number of hydrogen-bond donors (Lipinski definition) is 2. The standard InChI is InChI=1S/C27H22FN3O2S/c1-26-14-27(2,22(30-23(26)32)18-9-5-6-10-19(18)26)24(33)31-25-29-21(13-34-25)17-11-12-20(28)16-8-4-3-7-15(16)17/h3-13,22H,14H2,1-2H3,(H,30,32)(H,29,31,33). The normalized spacial score (nSPS) is 25.1. The number of hydrogen-bond acceptors (Lipinski definition) is 4. The second-order valence-electron chi connectivity index (χ2n) is 9.55. The van der Waals surface area contributed by atoms with Gasteiger partial charge in [0.1, 0.15) is 5.82 Å². The van der Waals surface area contributed by atoms with Gasteiger partial charge < -0.3 is 10.6 Å². The Morgan fingerprint density at radius 3 is 2.65 bits per heavy atom. The quantitative estimate of drug-likeness (QED) is 0.410. The molecule has 1 fully saturated rings. The fraction of sp³-hybridized carbons (Fsp3) is 0.222. The molecule has 4 aromatic rings. The van der Waals surface area contributed by atoms with E-state index >= 15 is 0 Å². The van der Waals surface area contributed by atoms with E-state index in [1.807, 2.05) is 55.6 Å². The van der Waals surface area contributed by atoms with E-state index in [0.29, 0.717) is 22.6 Å². The van der Waals surface area contributed by atoms with Gasteiger partial charge in [0.2, 0.25) is 11.8 Å². The molecule has 3 unspecified atom stereocenters. The SMILES string of the molecule is CC12CC(C)(C(=O)Nc3nc(-c4ccc(F)c5ccccc45)cs3)C(NC1=O)c1ccccc12. The number of nitrogens with zero attached hydrogens (tertiary/aromatic N) is 1. The third kappa shape index (κ3) is 2.86. The molecule has 5 nitrogen and oxygen atoms in total. The maximum atomic E-state index is 14.2. The first-order chi connectivity index (χ1) is 16.3. The lowest BCUT2D eigenvalue weighted by Gasteiger charge is -2.54. The lowest BCUT2D eigenvalue weighted by atomic mass is 9.55. The number of rotatable bonds is 3. The monoisotopic (exact) mass is 471 g/mol. The maximum Gasteiger partial charge on any atom is 0.234 e. The van der Waals surface area contributed by atoms with Crippen LogP contribution in [-0.2, 0) is 15.0 Å². The Bertz CT molecular complexity index is 1500. The van der Waals surface area contributed by atoms with E-state index in [-0.39, 0.29) is 17.6 Å². The van der Waals surface area contributed by atoms with E-state index < -0.39 is 16.9 Å². The highest BCUT2D eigenvalue weighted by atomic mass is 32.1. The molecule has 3 aliphatic rings. The summed E-state index contributed by atoms with van der Waals surface area (Å²) >= 11 is 1.33. The van der Waals surface area contributed by atoms with Crippen LogP contribution in [0.15, 0.2) is 66.0 Å². The fourth-order valence-electron chi connectivity index (χ4n) is 5.65. The summed E-state index contributed by atoms with van der Waals surface area (Å²) in [5.41, 5.74) is 1.88. The number of benzene rings is 3. The van der Waals surface area contributed by atoms with Crippen LogP contribution in [0.2, 0.25) is 0 Å². The molecule has 3 heterocycles. The molecule has 0 radical (unpaired) electrons. The van der Waals surface area contributed by atoms with Crippen LogP contribution in [0.4, 0.5) is 9.52 Å². The van der Waals surface area contributed by atoms with Crippen LogP contribution in [-0.4, -0.2) is 16.8 Å². The summed E-state index contributed by atoms with van der Waals surface area (Å²) in [4.78, 5) is 31.1. The van der Waals surface area contributed by atoms with Crippen LogP contribution in [0.1, 0.15) is 37.4 Å². The van der Waals surface area contributed by atoms with E-state index in [0.717, 1.165) is 22.1 Å². The number of halogens is 1. The highest BCUT2D eigenvalue weighted by Gasteiger charge is 2.60. The van der Waals surface area contributed by atoms with Gasteiger partial charge in [-0.15, -0.1) is 11.3 Å². The third-order valence-corrected chi connectivity index (χ3v) is 8.15. The second kappa shape index (κ2) is 7.21. The molecule has 7 rings (SSSR count). The van der Waals surface area contributed by atoms with Crippen molar-refractivity contribution in [3.05, 3.63) is 83.0 Å². The van der Waals surface area contributed by atoms with Crippen LogP contribution >= 0.6 is 11.3 Å². The number of nitrogens with one attached hydrogen (secondary N) is 2. The summed E-state index contributed by atoms with van der Waals surface area (Å²) in [6, 6.07) is 17.9. The van der Waals surface area contributed by atoms with Crippen LogP contribution in [0.25, 0.3) is 22.0 Å². The number of thiazole rings is 1. The molecule has 170 valence electrons. The average Bonchev–Trinajstić information content (AvgIpc) is 3.29. The van der Waals surface area contributed by atoms with Gasteiger partial charge in [-0.25, -0.2) is 9.37 Å². The van der Waals surface area contributed by atoms with Crippen molar-refractivity contribution in [1.29, 1.82) is 0 Å². The van der Waals surface area contributed by atoms with Gasteiger partial charge in [-0.3, -0.25) is 9.59 Å². The van der Waals surface area contributed by atoms with Gasteiger partial charge in [-0.2, -0.15) is 0 Å². The third-order valence-electron chi connectivity index (χ3n) is 7.39. The van der Waals surface area contributed by atoms with Gasteiger partial charge in [0.25, 0.3) is 0 Å². The molecule has 1 aliphatic carbocycles. The fourth-order valence-corrected chi connectivity index (χ4v) is 6.35. The first-order valence-corrected chi connectivity index (χ1v) is 12.0. The molecular formula is C27H22FN3O2S. The molecule has 2 amide bonds. The Labute approximate surface area is 200 Å². The van der Waals surface area contributed by atoms with Crippen molar-refractivity contribution in [3.8, 4) is 11.3 Å². The van der Waals surface area contributed by atoms with Crippen LogP contribution in [0, 0.1) is 11.2 Å². The predicted octanol–water partition coefficient (Wildman–Crippen LogP) is 5.58. The molecule has 2 bridgehead atoms. The molecule has 0 spiro atoms. The van der Waals surface area contributed by atoms with Gasteiger partial charge in [0, 0.05) is 16.3 Å². The van der Waals surface area contributed by atoms with E-state index in [4.69, 9.17) is 0 Å². The van der Waals surface area contributed by atoms with Crippen molar-refractivity contribution in [2.45, 2.75) is 31.7 Å². The highest BCUT2D eigenvalue weighted by Crippen LogP contribution is 2.56. The van der Waals surface area contributed by atoms with Gasteiger partial charge in [-0.05, 0) is 48.9 Å². The first kappa shape index (κ1) is 21.0. The molecule has 1 saturated heterocycles. The molecule has 3 atom stereocenters. The molecular weight excluding hydrogens is 449 g/mol. The summed E-state index contributed by atoms with van der Waals surface area (Å²) in [6.07, 6.45) is 0.417. The van der Waals surface area contributed by atoms with Crippen molar-refractivity contribution >= 4 is 39.1 Å². The Kier molecular flexibility index (Phi) is 4.45. The molecule has 34 heavy (non-hydrogen) atoms. The number of fused-ring (bicyclic) bond motifs is 3. The smallest absolute Gasteiger partial charge is 0.234 e. The van der Waals surface area contributed by atoms with Gasteiger partial charge >= 0.3 is 0 Å². The Hall–Kier alpha value is -3.58. The lowest BCUT2D eigenvalue weighted by molar-refractivity contribution is -0.142. The molecule has 7 heteroatoms. The number of carbonyl (C=O) groups excluding carboxylic acids is 2. The maximum absolute atomic E-state index is 14.2. The van der Waals surface area contributed by atoms with Crippen LogP contribution in [0.3, 0.4) is 0 Å². The number of aromatic nitrogens is 1. The summed E-state index contributed by atoms with van der Waals surface area (Å²) in [7, 11) is 0. The Morgan fingerprint density at radius 1 is 1.09 bits per heavy atom. The van der Waals surface area contributed by atoms with Gasteiger partial charge in [0.15, 0.2) is 5.13 Å². The van der Waals surface area contributed by atoms with Crippen LogP contribution in [0.5, 0.6) is 0 Å². The van der Waals surface area contributed by atoms with E-state index in [9.17, 15) is 14.0 Å². The van der Waals surface area contributed by atoms with Crippen molar-refractivity contribution in [3.63, 3.8) is 0 Å². The average molecular weight is 472 g/mol. The summed E-state index contributed by atoms with van der Waals surface area (Å²) in [5, 5.41) is 9.71. The van der Waals surface area contributed by atoms with Crippen molar-refractivity contribution in [1.82, 2.24) is 10.3 Å². The number of carbonyl (C=O) groups is 2. The van der Waals surface area contributed by atoms with Crippen molar-refractivity contribution in [2.75, 3.05) is 5.32 Å². The van der Waals surface area contributed by atoms with Gasteiger partial charge in [-0.1, -0.05) is 48.5 Å². The zero-order chi connectivity index (χ0) is 23.7. The molecule has 2 N–H and O–H groups in total. The van der Waals surface area contributed by atoms with Crippen molar-refractivity contribution in [2.24, 2.45) is 5.41 Å². The highest BCUT2D eigenvalue weighted by molar-refractivity contribution is 7.14. The predicted molar refractivity (Wildman–Crippen MR) is 131 cm³/mol. The first-order valence-electron chi connectivity index (χ1n) is 11.2. The number of piperidine rings is 1. The van der Waals surface area contributed by atoms with E-state index in [1.165, 1.54) is 17.4 Å².